The normalized spacial score (nSPS) is 18.1. The predicted octanol–water partition coefficient (Wildman–Crippen LogP) is 1.23. The maximum Gasteiger partial charge on any atom is 0.223 e. The van der Waals surface area contributed by atoms with E-state index in [0.717, 1.165) is 31.6 Å². The molecule has 0 radical (unpaired) electrons. The predicted molar refractivity (Wildman–Crippen MR) is 77.9 cm³/mol. The molecular weight excluding hydrogens is 256 g/mol. The molecule has 2 rings (SSSR count). The number of aromatic nitrogens is 1. The van der Waals surface area contributed by atoms with Crippen LogP contribution in [0.25, 0.3) is 0 Å². The Morgan fingerprint density at radius 3 is 2.55 bits per heavy atom. The van der Waals surface area contributed by atoms with Crippen molar-refractivity contribution in [2.75, 3.05) is 13.1 Å². The summed E-state index contributed by atoms with van der Waals surface area (Å²) in [7, 11) is 0. The molecule has 112 valence electrons. The molecule has 20 heavy (non-hydrogen) atoms. The Labute approximate surface area is 119 Å². The highest BCUT2D eigenvalue weighted by Gasteiger charge is 2.18. The maximum atomic E-state index is 11.8. The zero-order chi connectivity index (χ0) is 14.7. The third-order valence-corrected chi connectivity index (χ3v) is 3.87. The SMILES string of the molecule is Cc1cc(=O)c(O)c(CN2CCCCC2)n1CC(C)O. The lowest BCUT2D eigenvalue weighted by Gasteiger charge is -2.29. The second kappa shape index (κ2) is 6.41. The molecular formula is C15H24N2O3. The topological polar surface area (TPSA) is 65.7 Å². The van der Waals surface area contributed by atoms with E-state index in [4.69, 9.17) is 0 Å². The minimum absolute atomic E-state index is 0.179. The molecule has 1 saturated heterocycles. The van der Waals surface area contributed by atoms with Crippen molar-refractivity contribution in [1.82, 2.24) is 9.47 Å². The van der Waals surface area contributed by atoms with Crippen molar-refractivity contribution in [3.05, 3.63) is 27.7 Å². The fourth-order valence-electron chi connectivity index (χ4n) is 2.83. The number of piperidine rings is 1. The van der Waals surface area contributed by atoms with Crippen LogP contribution in [0, 0.1) is 6.92 Å². The lowest BCUT2D eigenvalue weighted by molar-refractivity contribution is 0.164. The minimum atomic E-state index is -0.518. The van der Waals surface area contributed by atoms with Crippen molar-refractivity contribution < 1.29 is 10.2 Å². The number of aliphatic hydroxyl groups is 1. The van der Waals surface area contributed by atoms with Gasteiger partial charge >= 0.3 is 0 Å². The number of pyridine rings is 1. The van der Waals surface area contributed by atoms with Gasteiger partial charge in [-0.3, -0.25) is 9.69 Å². The molecule has 2 N–H and O–H groups in total. The number of likely N-dealkylation sites (tertiary alicyclic amines) is 1. The molecule has 0 aromatic carbocycles. The van der Waals surface area contributed by atoms with Gasteiger partial charge in [0.05, 0.1) is 11.8 Å². The van der Waals surface area contributed by atoms with Crippen LogP contribution in [0.1, 0.15) is 37.6 Å². The number of rotatable bonds is 4. The molecule has 0 spiro atoms. The molecule has 1 atom stereocenters. The van der Waals surface area contributed by atoms with Gasteiger partial charge < -0.3 is 14.8 Å². The Hall–Kier alpha value is -1.33. The summed E-state index contributed by atoms with van der Waals surface area (Å²) >= 11 is 0. The smallest absolute Gasteiger partial charge is 0.223 e. The van der Waals surface area contributed by atoms with E-state index >= 15 is 0 Å². The zero-order valence-electron chi connectivity index (χ0n) is 12.3. The van der Waals surface area contributed by atoms with Gasteiger partial charge in [-0.05, 0) is 39.8 Å². The molecule has 5 nitrogen and oxygen atoms in total. The first-order valence-electron chi connectivity index (χ1n) is 7.31. The van der Waals surface area contributed by atoms with Crippen LogP contribution in [0.2, 0.25) is 0 Å². The number of aryl methyl sites for hydroxylation is 1. The van der Waals surface area contributed by atoms with E-state index in [1.54, 1.807) is 6.92 Å². The lowest BCUT2D eigenvalue weighted by Crippen LogP contribution is -2.32. The van der Waals surface area contributed by atoms with Crippen molar-refractivity contribution in [2.24, 2.45) is 0 Å². The second-order valence-corrected chi connectivity index (χ2v) is 5.74. The molecule has 1 aliphatic heterocycles. The molecule has 1 aliphatic rings. The molecule has 2 heterocycles. The van der Waals surface area contributed by atoms with E-state index in [2.05, 4.69) is 4.90 Å². The summed E-state index contributed by atoms with van der Waals surface area (Å²) in [5.41, 5.74) is 1.06. The van der Waals surface area contributed by atoms with E-state index in [0.29, 0.717) is 18.8 Å². The molecule has 1 aromatic heterocycles. The van der Waals surface area contributed by atoms with Crippen molar-refractivity contribution >= 4 is 0 Å². The summed E-state index contributed by atoms with van der Waals surface area (Å²) in [4.78, 5) is 14.1. The van der Waals surface area contributed by atoms with Crippen LogP contribution in [0.15, 0.2) is 10.9 Å². The summed E-state index contributed by atoms with van der Waals surface area (Å²) in [6, 6.07) is 1.43. The van der Waals surface area contributed by atoms with Gasteiger partial charge in [-0.15, -0.1) is 0 Å². The Bertz CT molecular complexity index is 517. The highest BCUT2D eigenvalue weighted by molar-refractivity contribution is 5.30. The monoisotopic (exact) mass is 280 g/mol. The van der Waals surface area contributed by atoms with Gasteiger partial charge in [0.1, 0.15) is 0 Å². The number of hydrogen-bond acceptors (Lipinski definition) is 4. The van der Waals surface area contributed by atoms with Gasteiger partial charge in [-0.25, -0.2) is 0 Å². The number of aromatic hydroxyl groups is 1. The van der Waals surface area contributed by atoms with Crippen molar-refractivity contribution in [1.29, 1.82) is 0 Å². The zero-order valence-corrected chi connectivity index (χ0v) is 12.3. The van der Waals surface area contributed by atoms with Gasteiger partial charge in [-0.2, -0.15) is 0 Å². The number of aliphatic hydroxyl groups excluding tert-OH is 1. The summed E-state index contributed by atoms with van der Waals surface area (Å²) in [6.07, 6.45) is 3.05. The highest BCUT2D eigenvalue weighted by atomic mass is 16.3. The summed E-state index contributed by atoms with van der Waals surface area (Å²) in [6.45, 7) is 6.49. The standard InChI is InChI=1S/C15H24N2O3/c1-11-8-14(19)15(20)13(17(11)9-12(2)18)10-16-6-4-3-5-7-16/h8,12,18,20H,3-7,9-10H2,1-2H3. The van der Waals surface area contributed by atoms with Gasteiger partial charge in [0.2, 0.25) is 5.43 Å². The maximum absolute atomic E-state index is 11.8. The quantitative estimate of drug-likeness (QED) is 0.870. The van der Waals surface area contributed by atoms with E-state index in [1.807, 2.05) is 11.5 Å². The number of nitrogens with zero attached hydrogens (tertiary/aromatic N) is 2. The van der Waals surface area contributed by atoms with Crippen LogP contribution in [-0.4, -0.2) is 38.9 Å². The fourth-order valence-corrected chi connectivity index (χ4v) is 2.83. The van der Waals surface area contributed by atoms with Crippen molar-refractivity contribution in [3.8, 4) is 5.75 Å². The van der Waals surface area contributed by atoms with Crippen LogP contribution in [0.4, 0.5) is 0 Å². The molecule has 0 bridgehead atoms. The third-order valence-electron chi connectivity index (χ3n) is 3.87. The van der Waals surface area contributed by atoms with Gasteiger partial charge in [0, 0.05) is 24.8 Å². The first-order chi connectivity index (χ1) is 9.49. The van der Waals surface area contributed by atoms with Gasteiger partial charge in [0.15, 0.2) is 5.75 Å². The first kappa shape index (κ1) is 15.1. The Kier molecular flexibility index (Phi) is 4.83. The van der Waals surface area contributed by atoms with Crippen LogP contribution >= 0.6 is 0 Å². The average Bonchev–Trinajstić information content (AvgIpc) is 2.41. The molecule has 1 aromatic rings. The molecule has 0 saturated carbocycles. The third kappa shape index (κ3) is 3.41. The molecule has 5 heteroatoms. The van der Waals surface area contributed by atoms with E-state index in [1.165, 1.54) is 12.5 Å². The Morgan fingerprint density at radius 1 is 1.30 bits per heavy atom. The van der Waals surface area contributed by atoms with E-state index in [9.17, 15) is 15.0 Å². The number of hydrogen-bond donors (Lipinski definition) is 2. The summed E-state index contributed by atoms with van der Waals surface area (Å²) in [5.74, 6) is -0.179. The van der Waals surface area contributed by atoms with Crippen LogP contribution in [0.3, 0.4) is 0 Å². The fraction of sp³-hybridized carbons (Fsp3) is 0.667. The van der Waals surface area contributed by atoms with Crippen LogP contribution in [-0.2, 0) is 13.1 Å². The highest BCUT2D eigenvalue weighted by Crippen LogP contribution is 2.20. The first-order valence-corrected chi connectivity index (χ1v) is 7.31. The van der Waals surface area contributed by atoms with Crippen molar-refractivity contribution in [2.45, 2.75) is 52.3 Å². The lowest BCUT2D eigenvalue weighted by atomic mass is 10.1. The minimum Gasteiger partial charge on any atom is -0.503 e. The summed E-state index contributed by atoms with van der Waals surface area (Å²) in [5, 5.41) is 19.7. The Balaban J connectivity index is 2.34. The largest absolute Gasteiger partial charge is 0.503 e. The Morgan fingerprint density at radius 2 is 1.95 bits per heavy atom. The molecule has 1 unspecified atom stereocenters. The molecule has 1 fully saturated rings. The van der Waals surface area contributed by atoms with Crippen LogP contribution < -0.4 is 5.43 Å². The van der Waals surface area contributed by atoms with Gasteiger partial charge in [-0.1, -0.05) is 6.42 Å². The van der Waals surface area contributed by atoms with E-state index in [-0.39, 0.29) is 11.2 Å². The van der Waals surface area contributed by atoms with Crippen LogP contribution in [0.5, 0.6) is 5.75 Å². The summed E-state index contributed by atoms with van der Waals surface area (Å²) < 4.78 is 1.86. The van der Waals surface area contributed by atoms with Gasteiger partial charge in [0.25, 0.3) is 0 Å². The van der Waals surface area contributed by atoms with E-state index < -0.39 is 6.10 Å². The second-order valence-electron chi connectivity index (χ2n) is 5.74. The molecule has 0 amide bonds. The molecule has 0 aliphatic carbocycles. The van der Waals surface area contributed by atoms with Crippen molar-refractivity contribution in [3.63, 3.8) is 0 Å². The average molecular weight is 280 g/mol.